The Labute approximate surface area is 194 Å². The molecule has 2 aromatic carbocycles. The van der Waals surface area contributed by atoms with E-state index in [1.807, 2.05) is 40.1 Å². The van der Waals surface area contributed by atoms with Crippen molar-refractivity contribution in [1.29, 1.82) is 0 Å². The average Bonchev–Trinajstić information content (AvgIpc) is 2.84. The highest BCUT2D eigenvalue weighted by Crippen LogP contribution is 2.41. The quantitative estimate of drug-likeness (QED) is 0.668. The number of hydrogen-bond donors (Lipinski definition) is 1. The molecule has 2 amide bonds. The van der Waals surface area contributed by atoms with Gasteiger partial charge in [-0.15, -0.1) is 0 Å². The molecule has 2 N–H and O–H groups in total. The summed E-state index contributed by atoms with van der Waals surface area (Å²) in [6, 6.07) is 15.3. The number of anilines is 1. The number of esters is 1. The molecular weight excluding hydrogens is 426 g/mol. The molecule has 2 fully saturated rings. The fourth-order valence-corrected chi connectivity index (χ4v) is 5.31. The van der Waals surface area contributed by atoms with Gasteiger partial charge in [0.15, 0.2) is 0 Å². The smallest absolute Gasteiger partial charge is 0.337 e. The predicted octanol–water partition coefficient (Wildman–Crippen LogP) is 4.60. The zero-order chi connectivity index (χ0) is 22.7. The maximum absolute atomic E-state index is 13.4. The van der Waals surface area contributed by atoms with E-state index in [0.29, 0.717) is 18.7 Å². The molecule has 7 heteroatoms. The van der Waals surface area contributed by atoms with Gasteiger partial charge in [-0.1, -0.05) is 23.7 Å². The second-order valence-corrected chi connectivity index (χ2v) is 9.18. The van der Waals surface area contributed by atoms with E-state index in [9.17, 15) is 9.59 Å². The van der Waals surface area contributed by atoms with E-state index in [1.165, 1.54) is 12.7 Å². The van der Waals surface area contributed by atoms with Crippen LogP contribution in [0.3, 0.4) is 0 Å². The SMILES string of the molecule is COC(=O)c1ccc(N2CCCN([C@H]3CC[C@](CN)(c4cccc(Cl)c4)CC3)C2=O)cc1. The molecule has 0 radical (unpaired) electrons. The molecule has 1 saturated carbocycles. The van der Waals surface area contributed by atoms with Gasteiger partial charge in [-0.3, -0.25) is 4.90 Å². The lowest BCUT2D eigenvalue weighted by Gasteiger charge is -2.46. The molecule has 0 atom stereocenters. The highest BCUT2D eigenvalue weighted by molar-refractivity contribution is 6.30. The Morgan fingerprint density at radius 2 is 1.88 bits per heavy atom. The van der Waals surface area contributed by atoms with Crippen LogP contribution < -0.4 is 10.6 Å². The van der Waals surface area contributed by atoms with Gasteiger partial charge in [0, 0.05) is 41.8 Å². The maximum atomic E-state index is 13.4. The number of carbonyl (C=O) groups excluding carboxylic acids is 2. The van der Waals surface area contributed by atoms with Crippen LogP contribution in [-0.2, 0) is 10.2 Å². The fourth-order valence-electron chi connectivity index (χ4n) is 5.11. The number of nitrogens with two attached hydrogens (primary N) is 1. The summed E-state index contributed by atoms with van der Waals surface area (Å²) in [6.45, 7) is 2.02. The van der Waals surface area contributed by atoms with Crippen molar-refractivity contribution in [2.75, 3.05) is 31.6 Å². The Kier molecular flexibility index (Phi) is 6.72. The Morgan fingerprint density at radius 1 is 1.16 bits per heavy atom. The fraction of sp³-hybridized carbons (Fsp3) is 0.440. The Hall–Kier alpha value is -2.57. The Morgan fingerprint density at radius 3 is 2.50 bits per heavy atom. The van der Waals surface area contributed by atoms with Crippen molar-refractivity contribution in [1.82, 2.24) is 4.90 Å². The van der Waals surface area contributed by atoms with E-state index < -0.39 is 0 Å². The first-order valence-electron chi connectivity index (χ1n) is 11.2. The molecule has 1 heterocycles. The largest absolute Gasteiger partial charge is 0.465 e. The van der Waals surface area contributed by atoms with Gasteiger partial charge in [0.1, 0.15) is 0 Å². The summed E-state index contributed by atoms with van der Waals surface area (Å²) in [4.78, 5) is 28.9. The summed E-state index contributed by atoms with van der Waals surface area (Å²) in [6.07, 6.45) is 4.63. The first-order chi connectivity index (χ1) is 15.5. The molecule has 1 saturated heterocycles. The molecule has 4 rings (SSSR count). The minimum absolute atomic E-state index is 0.0371. The summed E-state index contributed by atoms with van der Waals surface area (Å²) in [7, 11) is 1.36. The number of methoxy groups -OCH3 is 1. The lowest BCUT2D eigenvalue weighted by Crippen LogP contribution is -2.55. The standard InChI is InChI=1S/C25H30ClN3O3/c1-32-23(30)18-6-8-21(9-7-18)28-14-3-15-29(24(28)31)22-10-12-25(17-27,13-11-22)19-4-2-5-20(26)16-19/h2,4-9,16,22H,3,10-15,17,27H2,1H3/t22-,25-. The number of carbonyl (C=O) groups is 2. The number of rotatable bonds is 5. The summed E-state index contributed by atoms with van der Waals surface area (Å²) in [5.74, 6) is -0.381. The van der Waals surface area contributed by atoms with Crippen molar-refractivity contribution < 1.29 is 14.3 Å². The molecule has 170 valence electrons. The summed E-state index contributed by atoms with van der Waals surface area (Å²) in [5, 5.41) is 0.734. The molecule has 2 aromatic rings. The zero-order valence-corrected chi connectivity index (χ0v) is 19.2. The van der Waals surface area contributed by atoms with Crippen LogP contribution in [0.1, 0.15) is 48.0 Å². The third-order valence-electron chi connectivity index (χ3n) is 7.04. The van der Waals surface area contributed by atoms with Gasteiger partial charge < -0.3 is 15.4 Å². The number of halogens is 1. The highest BCUT2D eigenvalue weighted by atomic mass is 35.5. The summed E-state index contributed by atoms with van der Waals surface area (Å²) < 4.78 is 4.76. The number of hydrogen-bond acceptors (Lipinski definition) is 4. The molecule has 1 aliphatic heterocycles. The molecule has 32 heavy (non-hydrogen) atoms. The van der Waals surface area contributed by atoms with Crippen LogP contribution in [0.25, 0.3) is 0 Å². The van der Waals surface area contributed by atoms with Crippen molar-refractivity contribution in [2.45, 2.75) is 43.6 Å². The zero-order valence-electron chi connectivity index (χ0n) is 18.4. The number of benzene rings is 2. The topological polar surface area (TPSA) is 75.9 Å². The summed E-state index contributed by atoms with van der Waals surface area (Å²) >= 11 is 6.24. The molecule has 0 spiro atoms. The van der Waals surface area contributed by atoms with Crippen molar-refractivity contribution in [3.8, 4) is 0 Å². The first-order valence-corrected chi connectivity index (χ1v) is 11.6. The Balaban J connectivity index is 1.45. The molecule has 0 aromatic heterocycles. The minimum atomic E-state index is -0.381. The molecule has 2 aliphatic rings. The highest BCUT2D eigenvalue weighted by Gasteiger charge is 2.40. The van der Waals surface area contributed by atoms with Crippen LogP contribution >= 0.6 is 11.6 Å². The van der Waals surface area contributed by atoms with Crippen LogP contribution in [0.5, 0.6) is 0 Å². The maximum Gasteiger partial charge on any atom is 0.337 e. The van der Waals surface area contributed by atoms with Gasteiger partial charge in [0.2, 0.25) is 0 Å². The van der Waals surface area contributed by atoms with Crippen LogP contribution in [0, 0.1) is 0 Å². The third kappa shape index (κ3) is 4.34. The van der Waals surface area contributed by atoms with E-state index >= 15 is 0 Å². The monoisotopic (exact) mass is 455 g/mol. The van der Waals surface area contributed by atoms with Gasteiger partial charge in [-0.05, 0) is 74.1 Å². The summed E-state index contributed by atoms with van der Waals surface area (Å²) in [5.41, 5.74) is 8.65. The minimum Gasteiger partial charge on any atom is -0.465 e. The number of nitrogens with zero attached hydrogens (tertiary/aromatic N) is 2. The lowest BCUT2D eigenvalue weighted by atomic mass is 9.68. The number of ether oxygens (including phenoxy) is 1. The molecule has 0 bridgehead atoms. The first kappa shape index (κ1) is 22.6. The van der Waals surface area contributed by atoms with Crippen LogP contribution in [0.2, 0.25) is 5.02 Å². The van der Waals surface area contributed by atoms with Crippen LogP contribution in [-0.4, -0.2) is 49.7 Å². The van der Waals surface area contributed by atoms with Crippen LogP contribution in [0.15, 0.2) is 48.5 Å². The normalized spacial score (nSPS) is 23.8. The van der Waals surface area contributed by atoms with Crippen molar-refractivity contribution >= 4 is 29.3 Å². The van der Waals surface area contributed by atoms with E-state index in [-0.39, 0.29) is 23.5 Å². The van der Waals surface area contributed by atoms with Crippen molar-refractivity contribution in [2.24, 2.45) is 5.73 Å². The van der Waals surface area contributed by atoms with Gasteiger partial charge in [0.25, 0.3) is 0 Å². The molecular formula is C25H30ClN3O3. The van der Waals surface area contributed by atoms with E-state index in [2.05, 4.69) is 6.07 Å². The van der Waals surface area contributed by atoms with Crippen molar-refractivity contribution in [3.63, 3.8) is 0 Å². The predicted molar refractivity (Wildman–Crippen MR) is 126 cm³/mol. The van der Waals surface area contributed by atoms with Gasteiger partial charge in [0.05, 0.1) is 12.7 Å². The second kappa shape index (κ2) is 9.51. The van der Waals surface area contributed by atoms with Gasteiger partial charge >= 0.3 is 12.0 Å². The van der Waals surface area contributed by atoms with E-state index in [4.69, 9.17) is 22.1 Å². The van der Waals surface area contributed by atoms with Gasteiger partial charge in [-0.25, -0.2) is 9.59 Å². The number of amides is 2. The van der Waals surface area contributed by atoms with E-state index in [0.717, 1.165) is 49.4 Å². The van der Waals surface area contributed by atoms with Crippen LogP contribution in [0.4, 0.5) is 10.5 Å². The second-order valence-electron chi connectivity index (χ2n) is 8.75. The molecule has 6 nitrogen and oxygen atoms in total. The van der Waals surface area contributed by atoms with Crippen molar-refractivity contribution in [3.05, 3.63) is 64.7 Å². The Bertz CT molecular complexity index is 971. The van der Waals surface area contributed by atoms with Gasteiger partial charge in [-0.2, -0.15) is 0 Å². The molecule has 1 aliphatic carbocycles. The average molecular weight is 456 g/mol. The van der Waals surface area contributed by atoms with E-state index in [1.54, 1.807) is 12.1 Å². The number of urea groups is 1. The molecule has 0 unspecified atom stereocenters. The lowest BCUT2D eigenvalue weighted by molar-refractivity contribution is 0.0600. The third-order valence-corrected chi connectivity index (χ3v) is 7.27.